The molecule has 1 heterocycles. The second-order valence-electron chi connectivity index (χ2n) is 4.43. The number of Topliss-reactive ketones (excluding diaryl/α,β-unsaturated/α-hetero) is 1. The van der Waals surface area contributed by atoms with Crippen molar-refractivity contribution in [3.8, 4) is 0 Å². The van der Waals surface area contributed by atoms with Gasteiger partial charge in [0.05, 0.1) is 6.54 Å². The molecule has 0 bridgehead atoms. The van der Waals surface area contributed by atoms with Crippen LogP contribution in [-0.4, -0.2) is 17.3 Å². The molecule has 0 spiro atoms. The highest BCUT2D eigenvalue weighted by atomic mass is 16.1. The summed E-state index contributed by atoms with van der Waals surface area (Å²) in [5.41, 5.74) is 3.14. The topological polar surface area (TPSA) is 42.0 Å². The predicted molar refractivity (Wildman–Crippen MR) is 76.1 cm³/mol. The van der Waals surface area contributed by atoms with E-state index in [1.54, 1.807) is 12.4 Å². The third kappa shape index (κ3) is 4.00. The first kappa shape index (κ1) is 13.4. The monoisotopic (exact) mass is 254 g/mol. The van der Waals surface area contributed by atoms with E-state index in [9.17, 15) is 4.79 Å². The van der Waals surface area contributed by atoms with E-state index in [-0.39, 0.29) is 5.78 Å². The number of nitrogens with one attached hydrogen (secondary N) is 1. The lowest BCUT2D eigenvalue weighted by Gasteiger charge is -2.05. The highest BCUT2D eigenvalue weighted by molar-refractivity contribution is 5.97. The molecule has 0 aliphatic rings. The van der Waals surface area contributed by atoms with E-state index in [1.807, 2.05) is 36.4 Å². The number of carbonyl (C=O) groups is 1. The summed E-state index contributed by atoms with van der Waals surface area (Å²) in [4.78, 5) is 15.9. The van der Waals surface area contributed by atoms with Gasteiger partial charge in [0.2, 0.25) is 0 Å². The number of benzene rings is 1. The zero-order valence-electron chi connectivity index (χ0n) is 11.1. The zero-order valence-corrected chi connectivity index (χ0v) is 11.1. The summed E-state index contributed by atoms with van der Waals surface area (Å²) in [6.07, 6.45) is 4.50. The van der Waals surface area contributed by atoms with E-state index in [0.717, 1.165) is 17.5 Å². The van der Waals surface area contributed by atoms with Crippen molar-refractivity contribution in [3.63, 3.8) is 0 Å². The van der Waals surface area contributed by atoms with Gasteiger partial charge in [-0.25, -0.2) is 0 Å². The highest BCUT2D eigenvalue weighted by Crippen LogP contribution is 2.05. The Morgan fingerprint density at radius 2 is 1.74 bits per heavy atom. The zero-order chi connectivity index (χ0) is 13.5. The van der Waals surface area contributed by atoms with Crippen LogP contribution in [-0.2, 0) is 13.0 Å². The van der Waals surface area contributed by atoms with Crippen molar-refractivity contribution >= 4 is 5.78 Å². The number of pyridine rings is 1. The van der Waals surface area contributed by atoms with Gasteiger partial charge < -0.3 is 5.32 Å². The molecule has 0 amide bonds. The Labute approximate surface area is 113 Å². The van der Waals surface area contributed by atoms with Crippen LogP contribution < -0.4 is 5.32 Å². The highest BCUT2D eigenvalue weighted by Gasteiger charge is 2.04. The van der Waals surface area contributed by atoms with Crippen LogP contribution in [0.2, 0.25) is 0 Å². The third-order valence-electron chi connectivity index (χ3n) is 3.05. The minimum Gasteiger partial charge on any atom is -0.306 e. The van der Waals surface area contributed by atoms with Gasteiger partial charge in [-0.3, -0.25) is 9.78 Å². The van der Waals surface area contributed by atoms with Crippen molar-refractivity contribution in [1.29, 1.82) is 0 Å². The van der Waals surface area contributed by atoms with Gasteiger partial charge in [-0.05, 0) is 29.7 Å². The van der Waals surface area contributed by atoms with Gasteiger partial charge in [-0.15, -0.1) is 0 Å². The van der Waals surface area contributed by atoms with Crippen molar-refractivity contribution in [1.82, 2.24) is 10.3 Å². The van der Waals surface area contributed by atoms with Gasteiger partial charge in [0, 0.05) is 24.5 Å². The molecule has 0 fully saturated rings. The number of nitrogens with zero attached hydrogens (tertiary/aromatic N) is 1. The van der Waals surface area contributed by atoms with Crippen molar-refractivity contribution in [2.45, 2.75) is 19.9 Å². The molecule has 1 N–H and O–H groups in total. The second kappa shape index (κ2) is 6.81. The summed E-state index contributed by atoms with van der Waals surface area (Å²) in [5.74, 6) is 0.122. The molecule has 0 aliphatic heterocycles. The molecule has 98 valence electrons. The van der Waals surface area contributed by atoms with Crippen LogP contribution in [0.3, 0.4) is 0 Å². The number of carbonyl (C=O) groups excluding carboxylic acids is 1. The molecule has 2 aromatic rings. The Morgan fingerprint density at radius 3 is 2.37 bits per heavy atom. The van der Waals surface area contributed by atoms with E-state index in [1.165, 1.54) is 5.56 Å². The summed E-state index contributed by atoms with van der Waals surface area (Å²) in [6, 6.07) is 11.7. The van der Waals surface area contributed by atoms with Gasteiger partial charge >= 0.3 is 0 Å². The van der Waals surface area contributed by atoms with Crippen LogP contribution in [0.5, 0.6) is 0 Å². The number of ketones is 1. The Morgan fingerprint density at radius 1 is 1.05 bits per heavy atom. The van der Waals surface area contributed by atoms with Crippen LogP contribution in [0.1, 0.15) is 28.4 Å². The maximum Gasteiger partial charge on any atom is 0.176 e. The predicted octanol–water partition coefficient (Wildman–Crippen LogP) is 2.62. The van der Waals surface area contributed by atoms with E-state index in [0.29, 0.717) is 13.1 Å². The van der Waals surface area contributed by atoms with Crippen molar-refractivity contribution in [2.24, 2.45) is 0 Å². The summed E-state index contributed by atoms with van der Waals surface area (Å²) < 4.78 is 0. The molecule has 0 saturated carbocycles. The maximum atomic E-state index is 12.0. The fourth-order valence-electron chi connectivity index (χ4n) is 1.85. The quantitative estimate of drug-likeness (QED) is 0.806. The fraction of sp³-hybridized carbons (Fsp3) is 0.250. The molecule has 0 saturated heterocycles. The summed E-state index contributed by atoms with van der Waals surface area (Å²) in [6.45, 7) is 3.14. The van der Waals surface area contributed by atoms with Gasteiger partial charge in [-0.1, -0.05) is 31.2 Å². The lowest BCUT2D eigenvalue weighted by molar-refractivity contribution is 0.0991. The van der Waals surface area contributed by atoms with Crippen LogP contribution in [0, 0.1) is 0 Å². The first-order valence-electron chi connectivity index (χ1n) is 6.51. The fourth-order valence-corrected chi connectivity index (χ4v) is 1.85. The van der Waals surface area contributed by atoms with Crippen molar-refractivity contribution in [2.75, 3.05) is 6.54 Å². The number of rotatable bonds is 6. The van der Waals surface area contributed by atoms with E-state index >= 15 is 0 Å². The molecular formula is C16H18N2O. The molecule has 1 aromatic heterocycles. The lowest BCUT2D eigenvalue weighted by Crippen LogP contribution is -2.22. The number of aromatic nitrogens is 1. The maximum absolute atomic E-state index is 12.0. The average Bonchev–Trinajstić information content (AvgIpc) is 2.48. The van der Waals surface area contributed by atoms with Gasteiger partial charge in [-0.2, -0.15) is 0 Å². The first-order valence-corrected chi connectivity index (χ1v) is 6.51. The molecule has 3 nitrogen and oxygen atoms in total. The second-order valence-corrected chi connectivity index (χ2v) is 4.43. The normalized spacial score (nSPS) is 10.4. The summed E-state index contributed by atoms with van der Waals surface area (Å²) in [5, 5.41) is 3.15. The first-order chi connectivity index (χ1) is 9.29. The minimum atomic E-state index is 0.122. The molecule has 1 aromatic carbocycles. The molecule has 0 unspecified atom stereocenters. The molecule has 3 heteroatoms. The molecule has 0 aliphatic carbocycles. The number of hydrogen-bond donors (Lipinski definition) is 1. The molecule has 0 atom stereocenters. The van der Waals surface area contributed by atoms with Gasteiger partial charge in [0.25, 0.3) is 0 Å². The third-order valence-corrected chi connectivity index (χ3v) is 3.05. The molecule has 2 rings (SSSR count). The molecule has 19 heavy (non-hydrogen) atoms. The van der Waals surface area contributed by atoms with Crippen LogP contribution >= 0.6 is 0 Å². The number of aryl methyl sites for hydroxylation is 1. The lowest BCUT2D eigenvalue weighted by atomic mass is 10.1. The molecule has 0 radical (unpaired) electrons. The Hall–Kier alpha value is -2.00. The van der Waals surface area contributed by atoms with Crippen molar-refractivity contribution in [3.05, 3.63) is 65.5 Å². The van der Waals surface area contributed by atoms with Crippen LogP contribution in [0.15, 0.2) is 48.8 Å². The Balaban J connectivity index is 1.84. The van der Waals surface area contributed by atoms with Gasteiger partial charge in [0.1, 0.15) is 0 Å². The average molecular weight is 254 g/mol. The summed E-state index contributed by atoms with van der Waals surface area (Å²) >= 11 is 0. The van der Waals surface area contributed by atoms with E-state index in [4.69, 9.17) is 0 Å². The summed E-state index contributed by atoms with van der Waals surface area (Å²) in [7, 11) is 0. The number of hydrogen-bond acceptors (Lipinski definition) is 3. The van der Waals surface area contributed by atoms with E-state index in [2.05, 4.69) is 17.2 Å². The smallest absolute Gasteiger partial charge is 0.176 e. The Bertz CT molecular complexity index is 520. The van der Waals surface area contributed by atoms with E-state index < -0.39 is 0 Å². The molecular weight excluding hydrogens is 236 g/mol. The van der Waals surface area contributed by atoms with Gasteiger partial charge in [0.15, 0.2) is 5.78 Å². The van der Waals surface area contributed by atoms with Crippen molar-refractivity contribution < 1.29 is 4.79 Å². The largest absolute Gasteiger partial charge is 0.306 e. The van der Waals surface area contributed by atoms with Crippen LogP contribution in [0.4, 0.5) is 0 Å². The minimum absolute atomic E-state index is 0.122. The van der Waals surface area contributed by atoms with Crippen LogP contribution in [0.25, 0.3) is 0 Å². The SMILES string of the molecule is CCc1ccc(C(=O)CNCc2ccncc2)cc1. The standard InChI is InChI=1S/C16H18N2O/c1-2-13-3-5-15(6-4-13)16(19)12-18-11-14-7-9-17-10-8-14/h3-10,18H,2,11-12H2,1H3. The Kier molecular flexibility index (Phi) is 4.81.